The summed E-state index contributed by atoms with van der Waals surface area (Å²) in [5.74, 6) is -0.295. The molecule has 1 rings (SSSR count). The lowest BCUT2D eigenvalue weighted by atomic mass is 9.90. The van der Waals surface area contributed by atoms with Crippen molar-refractivity contribution in [2.45, 2.75) is 34.2 Å². The maximum atomic E-state index is 12.5. The van der Waals surface area contributed by atoms with Crippen molar-refractivity contribution in [1.82, 2.24) is 9.88 Å². The molecule has 20 heavy (non-hydrogen) atoms. The fourth-order valence-electron chi connectivity index (χ4n) is 1.84. The summed E-state index contributed by atoms with van der Waals surface area (Å²) in [7, 11) is 0. The lowest BCUT2D eigenvalue weighted by Crippen LogP contribution is -2.47. The number of pyridine rings is 1. The van der Waals surface area contributed by atoms with Crippen LogP contribution in [-0.4, -0.2) is 33.4 Å². The third-order valence-corrected chi connectivity index (χ3v) is 3.25. The molecule has 0 unspecified atom stereocenters. The number of hydrogen-bond acceptors (Lipinski definition) is 4. The molecule has 0 aliphatic heterocycles. The SMILES string of the molecule is CCN(Cc1cccc(C)n1)C(=O)C(C)(C)/C(N)=N/O. The summed E-state index contributed by atoms with van der Waals surface area (Å²) in [6.45, 7) is 7.99. The Balaban J connectivity index is 2.94. The van der Waals surface area contributed by atoms with Crippen LogP contribution < -0.4 is 5.73 Å². The van der Waals surface area contributed by atoms with Crippen molar-refractivity contribution >= 4 is 11.7 Å². The van der Waals surface area contributed by atoms with E-state index in [4.69, 9.17) is 10.9 Å². The molecule has 0 saturated heterocycles. The molecule has 0 fully saturated rings. The lowest BCUT2D eigenvalue weighted by Gasteiger charge is -2.30. The summed E-state index contributed by atoms with van der Waals surface area (Å²) in [5.41, 5.74) is 6.27. The standard InChI is InChI=1S/C14H22N4O2/c1-5-18(9-11-8-6-7-10(2)16-11)13(19)14(3,4)12(15)17-20/h6-8,20H,5,9H2,1-4H3,(H2,15,17). The first-order chi connectivity index (χ1) is 9.32. The van der Waals surface area contributed by atoms with Crippen LogP contribution >= 0.6 is 0 Å². The van der Waals surface area contributed by atoms with E-state index in [1.165, 1.54) is 0 Å². The van der Waals surface area contributed by atoms with E-state index in [2.05, 4.69) is 10.1 Å². The highest BCUT2D eigenvalue weighted by molar-refractivity contribution is 6.05. The minimum atomic E-state index is -1.05. The van der Waals surface area contributed by atoms with E-state index < -0.39 is 5.41 Å². The topological polar surface area (TPSA) is 91.8 Å². The van der Waals surface area contributed by atoms with Gasteiger partial charge in [0, 0.05) is 12.2 Å². The van der Waals surface area contributed by atoms with E-state index in [1.807, 2.05) is 32.0 Å². The summed E-state index contributed by atoms with van der Waals surface area (Å²) in [6.07, 6.45) is 0. The first kappa shape index (κ1) is 15.9. The van der Waals surface area contributed by atoms with E-state index in [0.29, 0.717) is 13.1 Å². The molecule has 0 atom stereocenters. The molecule has 0 aliphatic carbocycles. The first-order valence-electron chi connectivity index (χ1n) is 6.52. The molecule has 1 aromatic heterocycles. The number of rotatable bonds is 5. The fraction of sp³-hybridized carbons (Fsp3) is 0.500. The Morgan fingerprint density at radius 3 is 2.65 bits per heavy atom. The van der Waals surface area contributed by atoms with Crippen LogP contribution in [0.25, 0.3) is 0 Å². The monoisotopic (exact) mass is 278 g/mol. The second kappa shape index (κ2) is 6.36. The van der Waals surface area contributed by atoms with Gasteiger partial charge in [-0.25, -0.2) is 0 Å². The molecular weight excluding hydrogens is 256 g/mol. The van der Waals surface area contributed by atoms with Gasteiger partial charge in [0.1, 0.15) is 5.41 Å². The molecule has 3 N–H and O–H groups in total. The second-order valence-electron chi connectivity index (χ2n) is 5.20. The number of hydrogen-bond donors (Lipinski definition) is 2. The number of amidine groups is 1. The van der Waals surface area contributed by atoms with Crippen LogP contribution in [0, 0.1) is 12.3 Å². The van der Waals surface area contributed by atoms with Gasteiger partial charge < -0.3 is 15.8 Å². The quantitative estimate of drug-likeness (QED) is 0.369. The minimum absolute atomic E-state index is 0.0989. The average Bonchev–Trinajstić information content (AvgIpc) is 2.43. The average molecular weight is 278 g/mol. The molecule has 0 bridgehead atoms. The minimum Gasteiger partial charge on any atom is -0.409 e. The molecule has 0 spiro atoms. The molecule has 6 heteroatoms. The number of amides is 1. The fourth-order valence-corrected chi connectivity index (χ4v) is 1.84. The maximum Gasteiger partial charge on any atom is 0.236 e. The van der Waals surface area contributed by atoms with Crippen LogP contribution in [0.5, 0.6) is 0 Å². The summed E-state index contributed by atoms with van der Waals surface area (Å²) in [6, 6.07) is 5.69. The van der Waals surface area contributed by atoms with Gasteiger partial charge in [0.25, 0.3) is 0 Å². The van der Waals surface area contributed by atoms with Gasteiger partial charge in [-0.1, -0.05) is 11.2 Å². The predicted octanol–water partition coefficient (Wildman–Crippen LogP) is 1.51. The van der Waals surface area contributed by atoms with Gasteiger partial charge in [-0.15, -0.1) is 0 Å². The van der Waals surface area contributed by atoms with Gasteiger partial charge in [0.15, 0.2) is 5.84 Å². The number of carbonyl (C=O) groups is 1. The van der Waals surface area contributed by atoms with Crippen LogP contribution in [-0.2, 0) is 11.3 Å². The molecule has 110 valence electrons. The molecule has 0 radical (unpaired) electrons. The number of nitrogens with zero attached hydrogens (tertiary/aromatic N) is 3. The van der Waals surface area contributed by atoms with E-state index in [9.17, 15) is 4.79 Å². The molecule has 0 aromatic carbocycles. The van der Waals surface area contributed by atoms with Gasteiger partial charge in [0.2, 0.25) is 5.91 Å². The van der Waals surface area contributed by atoms with Crippen molar-refractivity contribution in [1.29, 1.82) is 0 Å². The van der Waals surface area contributed by atoms with Crippen molar-refractivity contribution in [2.24, 2.45) is 16.3 Å². The highest BCUT2D eigenvalue weighted by Crippen LogP contribution is 2.20. The largest absolute Gasteiger partial charge is 0.409 e. The molecule has 6 nitrogen and oxygen atoms in total. The van der Waals surface area contributed by atoms with Crippen LogP contribution in [0.3, 0.4) is 0 Å². The Kier molecular flexibility index (Phi) is 5.07. The van der Waals surface area contributed by atoms with Crippen molar-refractivity contribution in [3.05, 3.63) is 29.6 Å². The Morgan fingerprint density at radius 2 is 2.15 bits per heavy atom. The number of aryl methyl sites for hydroxylation is 1. The summed E-state index contributed by atoms with van der Waals surface area (Å²) in [4.78, 5) is 18.5. The van der Waals surface area contributed by atoms with Gasteiger partial charge in [-0.3, -0.25) is 9.78 Å². The normalized spacial score (nSPS) is 12.3. The summed E-state index contributed by atoms with van der Waals surface area (Å²) < 4.78 is 0. The molecule has 1 amide bonds. The third-order valence-electron chi connectivity index (χ3n) is 3.25. The Morgan fingerprint density at radius 1 is 1.50 bits per heavy atom. The predicted molar refractivity (Wildman–Crippen MR) is 77.3 cm³/mol. The third kappa shape index (κ3) is 3.46. The van der Waals surface area contributed by atoms with Crippen LogP contribution in [0.4, 0.5) is 0 Å². The smallest absolute Gasteiger partial charge is 0.236 e. The Bertz CT molecular complexity index is 512. The summed E-state index contributed by atoms with van der Waals surface area (Å²) >= 11 is 0. The zero-order valence-electron chi connectivity index (χ0n) is 12.4. The van der Waals surface area contributed by atoms with Crippen LogP contribution in [0.15, 0.2) is 23.4 Å². The van der Waals surface area contributed by atoms with E-state index in [0.717, 1.165) is 11.4 Å². The van der Waals surface area contributed by atoms with E-state index in [-0.39, 0.29) is 11.7 Å². The highest BCUT2D eigenvalue weighted by atomic mass is 16.4. The zero-order chi connectivity index (χ0) is 15.3. The molecule has 1 aromatic rings. The molecule has 0 aliphatic rings. The second-order valence-corrected chi connectivity index (χ2v) is 5.20. The molecule has 0 saturated carbocycles. The van der Waals surface area contributed by atoms with Crippen molar-refractivity contribution < 1.29 is 10.0 Å². The highest BCUT2D eigenvalue weighted by Gasteiger charge is 2.36. The number of nitrogens with two attached hydrogens (primary N) is 1. The summed E-state index contributed by atoms with van der Waals surface area (Å²) in [5, 5.41) is 11.7. The van der Waals surface area contributed by atoms with Crippen LogP contribution in [0.1, 0.15) is 32.2 Å². The van der Waals surface area contributed by atoms with Gasteiger partial charge >= 0.3 is 0 Å². The van der Waals surface area contributed by atoms with E-state index >= 15 is 0 Å². The van der Waals surface area contributed by atoms with Crippen molar-refractivity contribution in [3.63, 3.8) is 0 Å². The maximum absolute atomic E-state index is 12.5. The number of aromatic nitrogens is 1. The van der Waals surface area contributed by atoms with Gasteiger partial charge in [0.05, 0.1) is 12.2 Å². The lowest BCUT2D eigenvalue weighted by molar-refractivity contribution is -0.137. The Labute approximate surface area is 119 Å². The van der Waals surface area contributed by atoms with Crippen LogP contribution in [0.2, 0.25) is 0 Å². The number of carbonyl (C=O) groups excluding carboxylic acids is 1. The van der Waals surface area contributed by atoms with Gasteiger partial charge in [-0.2, -0.15) is 0 Å². The van der Waals surface area contributed by atoms with E-state index in [1.54, 1.807) is 18.7 Å². The molecular formula is C14H22N4O2. The number of oxime groups is 1. The Hall–Kier alpha value is -2.11. The van der Waals surface area contributed by atoms with Crippen molar-refractivity contribution in [2.75, 3.05) is 6.54 Å². The zero-order valence-corrected chi connectivity index (χ0v) is 12.4. The first-order valence-corrected chi connectivity index (χ1v) is 6.52. The van der Waals surface area contributed by atoms with Crippen molar-refractivity contribution in [3.8, 4) is 0 Å². The van der Waals surface area contributed by atoms with Gasteiger partial charge in [-0.05, 0) is 39.8 Å². The molecule has 1 heterocycles.